The Labute approximate surface area is 129 Å². The number of halogens is 2. The number of ether oxygens (including phenoxy) is 1. The Balaban J connectivity index is 2.83. The highest BCUT2D eigenvalue weighted by Gasteiger charge is 2.27. The lowest BCUT2D eigenvalue weighted by molar-refractivity contribution is -0.127. The summed E-state index contributed by atoms with van der Waals surface area (Å²) < 4.78 is 51.9. The summed E-state index contributed by atoms with van der Waals surface area (Å²) in [5, 5.41) is 1.70. The second-order valence-corrected chi connectivity index (χ2v) is 6.15. The number of nitrogens with two attached hydrogens (primary N) is 1. The third kappa shape index (κ3) is 4.71. The molecule has 0 aliphatic heterocycles. The van der Waals surface area contributed by atoms with Crippen LogP contribution in [0.4, 0.5) is 13.6 Å². The molecule has 8 nitrogen and oxygen atoms in total. The molecule has 1 rings (SSSR count). The quantitative estimate of drug-likeness (QED) is 0.740. The summed E-state index contributed by atoms with van der Waals surface area (Å²) in [6.45, 7) is 1.17. The molecule has 1 atom stereocenters. The number of primary amides is 1. The molecule has 0 aromatic heterocycles. The first-order valence-corrected chi connectivity index (χ1v) is 7.53. The Morgan fingerprint density at radius 1 is 1.17 bits per heavy atom. The van der Waals surface area contributed by atoms with Crippen LogP contribution in [0.2, 0.25) is 0 Å². The molecule has 126 valence electrons. The van der Waals surface area contributed by atoms with E-state index in [2.05, 4.69) is 0 Å². The van der Waals surface area contributed by atoms with E-state index >= 15 is 0 Å². The van der Waals surface area contributed by atoms with Crippen LogP contribution in [-0.2, 0) is 19.4 Å². The van der Waals surface area contributed by atoms with Gasteiger partial charge in [-0.15, -0.1) is 0 Å². The number of esters is 1. The maximum atomic E-state index is 12.4. The average molecular weight is 350 g/mol. The van der Waals surface area contributed by atoms with E-state index in [0.717, 1.165) is 24.3 Å². The van der Waals surface area contributed by atoms with Gasteiger partial charge in [0.1, 0.15) is 0 Å². The number of imide groups is 1. The van der Waals surface area contributed by atoms with Crippen LogP contribution in [0.5, 0.6) is 0 Å². The summed E-state index contributed by atoms with van der Waals surface area (Å²) in [6, 6.07) is 2.41. The summed E-state index contributed by atoms with van der Waals surface area (Å²) in [6.07, 6.45) is -1.35. The molecule has 11 heteroatoms. The van der Waals surface area contributed by atoms with Crippen molar-refractivity contribution in [2.75, 3.05) is 0 Å². The molecular weight excluding hydrogens is 338 g/mol. The second kappa shape index (κ2) is 7.13. The molecule has 0 heterocycles. The lowest BCUT2D eigenvalue weighted by atomic mass is 10.2. The number of urea groups is 1. The molecule has 0 radical (unpaired) electrons. The number of alkyl halides is 2. The Bertz CT molecular complexity index is 718. The van der Waals surface area contributed by atoms with Crippen molar-refractivity contribution in [3.8, 4) is 0 Å². The molecule has 0 aliphatic carbocycles. The molecule has 1 aromatic carbocycles. The molecule has 0 spiro atoms. The highest BCUT2D eigenvalue weighted by molar-refractivity contribution is 7.91. The highest BCUT2D eigenvalue weighted by Crippen LogP contribution is 2.19. The number of hydrogen-bond donors (Lipinski definition) is 2. The largest absolute Gasteiger partial charge is 0.449 e. The molecule has 23 heavy (non-hydrogen) atoms. The van der Waals surface area contributed by atoms with E-state index in [9.17, 15) is 31.6 Å². The molecule has 0 aliphatic rings. The van der Waals surface area contributed by atoms with Crippen LogP contribution in [0.3, 0.4) is 0 Å². The van der Waals surface area contributed by atoms with E-state index in [4.69, 9.17) is 10.5 Å². The normalized spacial score (nSPS) is 12.5. The number of sulfone groups is 1. The van der Waals surface area contributed by atoms with E-state index in [1.807, 2.05) is 0 Å². The van der Waals surface area contributed by atoms with Gasteiger partial charge in [-0.1, -0.05) is 0 Å². The van der Waals surface area contributed by atoms with Crippen molar-refractivity contribution in [1.82, 2.24) is 5.32 Å². The molecular formula is C12H12F2N2O6S. The van der Waals surface area contributed by atoms with E-state index in [-0.39, 0.29) is 5.56 Å². The van der Waals surface area contributed by atoms with Crippen molar-refractivity contribution in [1.29, 1.82) is 0 Å². The maximum absolute atomic E-state index is 12.4. The zero-order valence-electron chi connectivity index (χ0n) is 11.7. The van der Waals surface area contributed by atoms with E-state index in [0.29, 0.717) is 0 Å². The van der Waals surface area contributed by atoms with Gasteiger partial charge in [-0.05, 0) is 31.2 Å². The van der Waals surface area contributed by atoms with E-state index in [1.54, 1.807) is 5.32 Å². The zero-order valence-corrected chi connectivity index (χ0v) is 12.5. The minimum absolute atomic E-state index is 0.169. The Hall–Kier alpha value is -2.56. The predicted octanol–water partition coefficient (Wildman–Crippen LogP) is 0.423. The van der Waals surface area contributed by atoms with E-state index in [1.165, 1.54) is 6.92 Å². The van der Waals surface area contributed by atoms with E-state index < -0.39 is 44.5 Å². The van der Waals surface area contributed by atoms with Crippen LogP contribution in [0.1, 0.15) is 17.3 Å². The molecule has 0 saturated heterocycles. The SMILES string of the molecule is C[C@@H](OC(=O)c1ccc(S(=O)(=O)C(F)F)cc1)C(=O)NC(N)=O. The fourth-order valence-electron chi connectivity index (χ4n) is 1.39. The number of nitrogens with one attached hydrogen (secondary N) is 1. The first kappa shape index (κ1) is 18.5. The first-order chi connectivity index (χ1) is 10.6. The van der Waals surface area contributed by atoms with Gasteiger partial charge in [-0.25, -0.2) is 18.0 Å². The fourth-order valence-corrected chi connectivity index (χ4v) is 2.11. The molecule has 0 bridgehead atoms. The van der Waals surface area contributed by atoms with Gasteiger partial charge in [0.25, 0.3) is 5.91 Å². The third-order valence-electron chi connectivity index (χ3n) is 2.55. The summed E-state index contributed by atoms with van der Waals surface area (Å²) in [7, 11) is -4.77. The Kier molecular flexibility index (Phi) is 5.73. The lowest BCUT2D eigenvalue weighted by Crippen LogP contribution is -2.42. The van der Waals surface area contributed by atoms with Crippen molar-refractivity contribution in [3.63, 3.8) is 0 Å². The number of carbonyl (C=O) groups excluding carboxylic acids is 3. The third-order valence-corrected chi connectivity index (χ3v) is 3.95. The van der Waals surface area contributed by atoms with Gasteiger partial charge in [0.2, 0.25) is 9.84 Å². The lowest BCUT2D eigenvalue weighted by Gasteiger charge is -2.12. The molecule has 0 unspecified atom stereocenters. The molecule has 0 fully saturated rings. The molecule has 0 saturated carbocycles. The standard InChI is InChI=1S/C12H12F2N2O6S/c1-6(9(17)16-12(15)19)22-10(18)7-2-4-8(5-3-7)23(20,21)11(13)14/h2-6,11H,1H3,(H3,15,16,17,19)/t6-/m1/s1. The van der Waals surface area contributed by atoms with Gasteiger partial charge in [0.05, 0.1) is 10.5 Å². The fraction of sp³-hybridized carbons (Fsp3) is 0.250. The summed E-state index contributed by atoms with van der Waals surface area (Å²) in [4.78, 5) is 32.9. The topological polar surface area (TPSA) is 133 Å². The summed E-state index contributed by atoms with van der Waals surface area (Å²) in [5.74, 6) is -5.56. The van der Waals surface area contributed by atoms with Crippen LogP contribution in [0.15, 0.2) is 29.2 Å². The minimum atomic E-state index is -4.77. The minimum Gasteiger partial charge on any atom is -0.449 e. The number of rotatable bonds is 5. The van der Waals surface area contributed by atoms with Crippen LogP contribution >= 0.6 is 0 Å². The zero-order chi connectivity index (χ0) is 17.8. The van der Waals surface area contributed by atoms with Crippen LogP contribution in [-0.4, -0.2) is 38.2 Å². The van der Waals surface area contributed by atoms with Crippen molar-refractivity contribution in [2.45, 2.75) is 23.7 Å². The van der Waals surface area contributed by atoms with Gasteiger partial charge < -0.3 is 10.5 Å². The monoisotopic (exact) mass is 350 g/mol. The van der Waals surface area contributed by atoms with Crippen LogP contribution < -0.4 is 11.1 Å². The second-order valence-electron chi connectivity index (χ2n) is 4.23. The molecule has 3 N–H and O–H groups in total. The van der Waals surface area contributed by atoms with Gasteiger partial charge in [0.15, 0.2) is 6.10 Å². The number of carbonyl (C=O) groups is 3. The van der Waals surface area contributed by atoms with Gasteiger partial charge >= 0.3 is 17.8 Å². The maximum Gasteiger partial charge on any atom is 0.341 e. The van der Waals surface area contributed by atoms with Crippen molar-refractivity contribution in [2.24, 2.45) is 5.73 Å². The smallest absolute Gasteiger partial charge is 0.341 e. The van der Waals surface area contributed by atoms with Crippen molar-refractivity contribution < 1.29 is 36.3 Å². The van der Waals surface area contributed by atoms with Gasteiger partial charge in [0, 0.05) is 0 Å². The molecule has 3 amide bonds. The van der Waals surface area contributed by atoms with Crippen LogP contribution in [0.25, 0.3) is 0 Å². The highest BCUT2D eigenvalue weighted by atomic mass is 32.2. The molecule has 1 aromatic rings. The number of amides is 3. The first-order valence-electron chi connectivity index (χ1n) is 5.99. The van der Waals surface area contributed by atoms with Gasteiger partial charge in [-0.3, -0.25) is 10.1 Å². The van der Waals surface area contributed by atoms with Gasteiger partial charge in [-0.2, -0.15) is 8.78 Å². The Morgan fingerprint density at radius 2 is 1.70 bits per heavy atom. The number of hydrogen-bond acceptors (Lipinski definition) is 6. The van der Waals surface area contributed by atoms with Crippen molar-refractivity contribution in [3.05, 3.63) is 29.8 Å². The predicted molar refractivity (Wildman–Crippen MR) is 72.2 cm³/mol. The average Bonchev–Trinajstić information content (AvgIpc) is 2.46. The summed E-state index contributed by atoms with van der Waals surface area (Å²) in [5.41, 5.74) is 4.56. The van der Waals surface area contributed by atoms with Crippen molar-refractivity contribution >= 4 is 27.7 Å². The Morgan fingerprint density at radius 3 is 2.13 bits per heavy atom. The number of benzene rings is 1. The van der Waals surface area contributed by atoms with Crippen LogP contribution in [0, 0.1) is 0 Å². The summed E-state index contributed by atoms with van der Waals surface area (Å²) >= 11 is 0.